The van der Waals surface area contributed by atoms with E-state index in [0.29, 0.717) is 12.3 Å². The van der Waals surface area contributed by atoms with Crippen molar-refractivity contribution in [2.45, 2.75) is 38.5 Å². The van der Waals surface area contributed by atoms with Gasteiger partial charge in [0.2, 0.25) is 5.91 Å². The molecular formula is C15H22N2O2. The van der Waals surface area contributed by atoms with E-state index in [1.54, 1.807) is 0 Å². The van der Waals surface area contributed by atoms with E-state index < -0.39 is 0 Å². The predicted octanol–water partition coefficient (Wildman–Crippen LogP) is 2.18. The van der Waals surface area contributed by atoms with E-state index in [0.717, 1.165) is 17.9 Å². The summed E-state index contributed by atoms with van der Waals surface area (Å²) in [6, 6.07) is 7.65. The lowest BCUT2D eigenvalue weighted by Crippen LogP contribution is -2.31. The highest BCUT2D eigenvalue weighted by Gasteiger charge is 2.13. The number of ether oxygens (including phenoxy) is 1. The average Bonchev–Trinajstić information content (AvgIpc) is 2.47. The van der Waals surface area contributed by atoms with Gasteiger partial charge in [-0.15, -0.1) is 0 Å². The summed E-state index contributed by atoms with van der Waals surface area (Å²) in [6.07, 6.45) is 6.92. The van der Waals surface area contributed by atoms with E-state index in [9.17, 15) is 4.79 Å². The van der Waals surface area contributed by atoms with Gasteiger partial charge in [-0.3, -0.25) is 10.2 Å². The number of carbonyl (C=O) groups is 1. The normalized spacial score (nSPS) is 16.1. The standard InChI is InChI=1S/C15H22N2O2/c16-17-15(18)10-12-6-8-14(9-7-12)19-11-13-4-2-1-3-5-13/h6-9,13H,1-5,10-11,16H2,(H,17,18). The van der Waals surface area contributed by atoms with Crippen LogP contribution in [0.2, 0.25) is 0 Å². The molecule has 19 heavy (non-hydrogen) atoms. The number of carbonyl (C=O) groups excluding carboxylic acids is 1. The van der Waals surface area contributed by atoms with Crippen LogP contribution in [0.1, 0.15) is 37.7 Å². The van der Waals surface area contributed by atoms with Gasteiger partial charge in [0.15, 0.2) is 0 Å². The largest absolute Gasteiger partial charge is 0.493 e. The maximum atomic E-state index is 11.1. The van der Waals surface area contributed by atoms with Gasteiger partial charge in [-0.1, -0.05) is 31.4 Å². The average molecular weight is 262 g/mol. The van der Waals surface area contributed by atoms with Gasteiger partial charge in [-0.05, 0) is 36.5 Å². The Balaban J connectivity index is 1.79. The molecule has 1 aliphatic carbocycles. The zero-order chi connectivity index (χ0) is 13.5. The SMILES string of the molecule is NNC(=O)Cc1ccc(OCC2CCCCC2)cc1. The molecule has 2 rings (SSSR count). The Morgan fingerprint density at radius 1 is 1.21 bits per heavy atom. The molecule has 0 unspecified atom stereocenters. The zero-order valence-corrected chi connectivity index (χ0v) is 11.2. The predicted molar refractivity (Wildman–Crippen MR) is 74.5 cm³/mol. The number of hydrogen-bond donors (Lipinski definition) is 2. The van der Waals surface area contributed by atoms with Crippen molar-refractivity contribution in [3.05, 3.63) is 29.8 Å². The number of nitrogens with two attached hydrogens (primary N) is 1. The monoisotopic (exact) mass is 262 g/mol. The molecule has 1 aromatic carbocycles. The first-order valence-electron chi connectivity index (χ1n) is 6.99. The summed E-state index contributed by atoms with van der Waals surface area (Å²) in [4.78, 5) is 11.1. The van der Waals surface area contributed by atoms with Crippen LogP contribution in [0.5, 0.6) is 5.75 Å². The zero-order valence-electron chi connectivity index (χ0n) is 11.2. The summed E-state index contributed by atoms with van der Waals surface area (Å²) >= 11 is 0. The lowest BCUT2D eigenvalue weighted by Gasteiger charge is -2.21. The van der Waals surface area contributed by atoms with Crippen LogP contribution in [0.15, 0.2) is 24.3 Å². The molecule has 1 fully saturated rings. The van der Waals surface area contributed by atoms with Gasteiger partial charge in [0.1, 0.15) is 5.75 Å². The number of hydrazine groups is 1. The van der Waals surface area contributed by atoms with Crippen molar-refractivity contribution in [3.8, 4) is 5.75 Å². The molecule has 0 bridgehead atoms. The van der Waals surface area contributed by atoms with Gasteiger partial charge in [-0.25, -0.2) is 5.84 Å². The van der Waals surface area contributed by atoms with Crippen molar-refractivity contribution in [1.29, 1.82) is 0 Å². The van der Waals surface area contributed by atoms with Crippen molar-refractivity contribution in [3.63, 3.8) is 0 Å². The van der Waals surface area contributed by atoms with Crippen LogP contribution >= 0.6 is 0 Å². The first-order chi connectivity index (χ1) is 9.28. The second-order valence-electron chi connectivity index (χ2n) is 5.20. The molecular weight excluding hydrogens is 240 g/mol. The minimum atomic E-state index is -0.184. The molecule has 0 aliphatic heterocycles. The molecule has 0 radical (unpaired) electrons. The Hall–Kier alpha value is -1.55. The van der Waals surface area contributed by atoms with Crippen LogP contribution in [0, 0.1) is 5.92 Å². The first-order valence-corrected chi connectivity index (χ1v) is 6.99. The topological polar surface area (TPSA) is 64.3 Å². The summed E-state index contributed by atoms with van der Waals surface area (Å²) in [5.74, 6) is 6.45. The highest BCUT2D eigenvalue weighted by Crippen LogP contribution is 2.24. The van der Waals surface area contributed by atoms with E-state index in [1.807, 2.05) is 24.3 Å². The molecule has 4 nitrogen and oxygen atoms in total. The minimum absolute atomic E-state index is 0.184. The van der Waals surface area contributed by atoms with E-state index in [4.69, 9.17) is 10.6 Å². The van der Waals surface area contributed by atoms with Crippen LogP contribution in [-0.2, 0) is 11.2 Å². The number of rotatable bonds is 5. The molecule has 0 atom stereocenters. The minimum Gasteiger partial charge on any atom is -0.493 e. The fourth-order valence-corrected chi connectivity index (χ4v) is 2.51. The summed E-state index contributed by atoms with van der Waals surface area (Å²) in [5, 5.41) is 0. The second kappa shape index (κ2) is 7.14. The lowest BCUT2D eigenvalue weighted by atomic mass is 9.90. The van der Waals surface area contributed by atoms with Gasteiger partial charge in [0.25, 0.3) is 0 Å². The fourth-order valence-electron chi connectivity index (χ4n) is 2.51. The third kappa shape index (κ3) is 4.56. The summed E-state index contributed by atoms with van der Waals surface area (Å²) in [6.45, 7) is 0.808. The van der Waals surface area contributed by atoms with Gasteiger partial charge >= 0.3 is 0 Å². The molecule has 3 N–H and O–H groups in total. The molecule has 1 aliphatic rings. The van der Waals surface area contributed by atoms with Crippen molar-refractivity contribution in [2.75, 3.05) is 6.61 Å². The van der Waals surface area contributed by atoms with Crippen molar-refractivity contribution >= 4 is 5.91 Å². The van der Waals surface area contributed by atoms with Crippen LogP contribution < -0.4 is 16.0 Å². The number of amides is 1. The third-order valence-electron chi connectivity index (χ3n) is 3.66. The Kier molecular flexibility index (Phi) is 5.21. The molecule has 104 valence electrons. The second-order valence-corrected chi connectivity index (χ2v) is 5.20. The van der Waals surface area contributed by atoms with E-state index in [2.05, 4.69) is 5.43 Å². The van der Waals surface area contributed by atoms with Gasteiger partial charge in [0, 0.05) is 0 Å². The maximum absolute atomic E-state index is 11.1. The first kappa shape index (κ1) is 13.9. The molecule has 1 saturated carbocycles. The molecule has 1 amide bonds. The van der Waals surface area contributed by atoms with Crippen LogP contribution in [0.3, 0.4) is 0 Å². The Bertz CT molecular complexity index is 397. The summed E-state index contributed by atoms with van der Waals surface area (Å²) in [5.41, 5.74) is 3.06. The molecule has 4 heteroatoms. The number of benzene rings is 1. The van der Waals surface area contributed by atoms with E-state index in [-0.39, 0.29) is 5.91 Å². The number of hydrogen-bond acceptors (Lipinski definition) is 3. The fraction of sp³-hybridized carbons (Fsp3) is 0.533. The molecule has 0 heterocycles. The highest BCUT2D eigenvalue weighted by atomic mass is 16.5. The Labute approximate surface area is 114 Å². The Morgan fingerprint density at radius 3 is 2.53 bits per heavy atom. The third-order valence-corrected chi connectivity index (χ3v) is 3.66. The lowest BCUT2D eigenvalue weighted by molar-refractivity contribution is -0.120. The van der Waals surface area contributed by atoms with Crippen LogP contribution in [0.4, 0.5) is 0 Å². The van der Waals surface area contributed by atoms with Crippen LogP contribution in [-0.4, -0.2) is 12.5 Å². The van der Waals surface area contributed by atoms with E-state index >= 15 is 0 Å². The van der Waals surface area contributed by atoms with E-state index in [1.165, 1.54) is 32.1 Å². The van der Waals surface area contributed by atoms with Gasteiger partial charge in [-0.2, -0.15) is 0 Å². The van der Waals surface area contributed by atoms with Crippen molar-refractivity contribution < 1.29 is 9.53 Å². The highest BCUT2D eigenvalue weighted by molar-refractivity contribution is 5.77. The molecule has 0 spiro atoms. The van der Waals surface area contributed by atoms with Gasteiger partial charge in [0.05, 0.1) is 13.0 Å². The Morgan fingerprint density at radius 2 is 1.89 bits per heavy atom. The van der Waals surface area contributed by atoms with Crippen molar-refractivity contribution in [1.82, 2.24) is 5.43 Å². The maximum Gasteiger partial charge on any atom is 0.238 e. The summed E-state index contributed by atoms with van der Waals surface area (Å²) < 4.78 is 5.81. The van der Waals surface area contributed by atoms with Gasteiger partial charge < -0.3 is 4.74 Å². The summed E-state index contributed by atoms with van der Waals surface area (Å²) in [7, 11) is 0. The smallest absolute Gasteiger partial charge is 0.238 e. The van der Waals surface area contributed by atoms with Crippen molar-refractivity contribution in [2.24, 2.45) is 11.8 Å². The molecule has 1 aromatic rings. The molecule has 0 saturated heterocycles. The quantitative estimate of drug-likeness (QED) is 0.485. The molecule has 0 aromatic heterocycles. The number of nitrogens with one attached hydrogen (secondary N) is 1. The van der Waals surface area contributed by atoms with Crippen LogP contribution in [0.25, 0.3) is 0 Å².